The predicted octanol–water partition coefficient (Wildman–Crippen LogP) is 1.22. The third-order valence-electron chi connectivity index (χ3n) is 2.55. The van der Waals surface area contributed by atoms with Gasteiger partial charge >= 0.3 is 5.97 Å². The molecule has 5 nitrogen and oxygen atoms in total. The molecule has 0 aliphatic rings. The number of hydrogen-bond acceptors (Lipinski definition) is 3. The van der Waals surface area contributed by atoms with Crippen molar-refractivity contribution < 1.29 is 19.4 Å². The van der Waals surface area contributed by atoms with E-state index < -0.39 is 12.0 Å². The molecule has 0 aromatic heterocycles. The van der Waals surface area contributed by atoms with Gasteiger partial charge in [0.1, 0.15) is 11.8 Å². The molecule has 0 radical (unpaired) electrons. The molecule has 98 valence electrons. The molecule has 0 aliphatic heterocycles. The average molecular weight is 251 g/mol. The lowest BCUT2D eigenvalue weighted by molar-refractivity contribution is -0.141. The normalized spacial score (nSPS) is 11.7. The van der Waals surface area contributed by atoms with E-state index in [0.29, 0.717) is 6.42 Å². The first kappa shape index (κ1) is 14.0. The van der Waals surface area contributed by atoms with Crippen molar-refractivity contribution in [1.29, 1.82) is 0 Å². The summed E-state index contributed by atoms with van der Waals surface area (Å²) in [6, 6.07) is 6.56. The van der Waals surface area contributed by atoms with Crippen LogP contribution in [0.15, 0.2) is 24.3 Å². The lowest BCUT2D eigenvalue weighted by atomic mass is 10.1. The van der Waals surface area contributed by atoms with Gasteiger partial charge in [-0.3, -0.25) is 9.59 Å². The maximum Gasteiger partial charge on any atom is 0.325 e. The molecule has 0 saturated carbocycles. The minimum atomic E-state index is -1.03. The molecule has 0 saturated heterocycles. The molecule has 0 fully saturated rings. The largest absolute Gasteiger partial charge is 0.497 e. The highest BCUT2D eigenvalue weighted by Gasteiger charge is 2.13. The Labute approximate surface area is 106 Å². The number of hydrogen-bond donors (Lipinski definition) is 2. The summed E-state index contributed by atoms with van der Waals surface area (Å²) in [5, 5.41) is 11.1. The van der Waals surface area contributed by atoms with Gasteiger partial charge in [-0.15, -0.1) is 0 Å². The van der Waals surface area contributed by atoms with E-state index in [2.05, 4.69) is 5.32 Å². The summed E-state index contributed by atoms with van der Waals surface area (Å²) in [7, 11) is 1.59. The summed E-state index contributed by atoms with van der Waals surface area (Å²) < 4.78 is 5.03. The van der Waals surface area contributed by atoms with E-state index in [1.54, 1.807) is 7.11 Å². The van der Waals surface area contributed by atoms with Gasteiger partial charge in [-0.25, -0.2) is 0 Å². The fourth-order valence-corrected chi connectivity index (χ4v) is 1.43. The van der Waals surface area contributed by atoms with Crippen molar-refractivity contribution in [3.05, 3.63) is 29.8 Å². The fraction of sp³-hybridized carbons (Fsp3) is 0.385. The van der Waals surface area contributed by atoms with Gasteiger partial charge in [0.25, 0.3) is 0 Å². The minimum absolute atomic E-state index is 0.263. The summed E-state index contributed by atoms with van der Waals surface area (Å²) in [6.07, 6.45) is 0.839. The van der Waals surface area contributed by atoms with Crippen LogP contribution < -0.4 is 10.1 Å². The van der Waals surface area contributed by atoms with Gasteiger partial charge in [-0.05, 0) is 31.0 Å². The number of amides is 1. The average Bonchev–Trinajstić information content (AvgIpc) is 2.36. The topological polar surface area (TPSA) is 75.6 Å². The molecule has 0 bridgehead atoms. The van der Waals surface area contributed by atoms with Crippen LogP contribution in [0.4, 0.5) is 0 Å². The molecular formula is C13H17NO4. The van der Waals surface area contributed by atoms with Crippen LogP contribution in [-0.2, 0) is 16.0 Å². The number of benzene rings is 1. The Morgan fingerprint density at radius 1 is 1.33 bits per heavy atom. The van der Waals surface area contributed by atoms with Crippen molar-refractivity contribution in [3.8, 4) is 5.75 Å². The van der Waals surface area contributed by atoms with Gasteiger partial charge in [0, 0.05) is 6.42 Å². The van der Waals surface area contributed by atoms with Gasteiger partial charge in [-0.1, -0.05) is 12.1 Å². The van der Waals surface area contributed by atoms with Gasteiger partial charge in [0.15, 0.2) is 0 Å². The number of rotatable bonds is 6. The van der Waals surface area contributed by atoms with Crippen LogP contribution >= 0.6 is 0 Å². The Morgan fingerprint density at radius 2 is 1.94 bits per heavy atom. The lowest BCUT2D eigenvalue weighted by Gasteiger charge is -2.09. The third-order valence-corrected chi connectivity index (χ3v) is 2.55. The van der Waals surface area contributed by atoms with Crippen molar-refractivity contribution >= 4 is 11.9 Å². The highest BCUT2D eigenvalue weighted by Crippen LogP contribution is 2.12. The van der Waals surface area contributed by atoms with Crippen molar-refractivity contribution in [2.24, 2.45) is 0 Å². The SMILES string of the molecule is COc1ccc(CCC(=O)N[C@@H](C)C(=O)O)cc1. The highest BCUT2D eigenvalue weighted by atomic mass is 16.5. The predicted molar refractivity (Wildman–Crippen MR) is 66.6 cm³/mol. The Balaban J connectivity index is 2.40. The number of ether oxygens (including phenoxy) is 1. The van der Waals surface area contributed by atoms with Crippen molar-refractivity contribution in [2.75, 3.05) is 7.11 Å². The Hall–Kier alpha value is -2.04. The number of nitrogens with one attached hydrogen (secondary N) is 1. The molecule has 5 heteroatoms. The van der Waals surface area contributed by atoms with Crippen LogP contribution in [0.1, 0.15) is 18.9 Å². The van der Waals surface area contributed by atoms with Crippen LogP contribution in [0.25, 0.3) is 0 Å². The van der Waals surface area contributed by atoms with E-state index in [9.17, 15) is 9.59 Å². The number of carboxylic acid groups (broad SMARTS) is 1. The van der Waals surface area contributed by atoms with E-state index in [0.717, 1.165) is 11.3 Å². The monoisotopic (exact) mass is 251 g/mol. The van der Waals surface area contributed by atoms with E-state index in [-0.39, 0.29) is 12.3 Å². The number of carboxylic acids is 1. The quantitative estimate of drug-likeness (QED) is 0.797. The van der Waals surface area contributed by atoms with Crippen molar-refractivity contribution in [1.82, 2.24) is 5.32 Å². The van der Waals surface area contributed by atoms with Crippen molar-refractivity contribution in [3.63, 3.8) is 0 Å². The Kier molecular flexibility index (Phi) is 5.17. The second-order valence-electron chi connectivity index (χ2n) is 3.98. The van der Waals surface area contributed by atoms with Crippen LogP contribution in [-0.4, -0.2) is 30.1 Å². The van der Waals surface area contributed by atoms with E-state index in [1.165, 1.54) is 6.92 Å². The molecule has 1 aromatic carbocycles. The first-order valence-electron chi connectivity index (χ1n) is 5.68. The van der Waals surface area contributed by atoms with Crippen molar-refractivity contribution in [2.45, 2.75) is 25.8 Å². The number of aryl methyl sites for hydroxylation is 1. The van der Waals surface area contributed by atoms with Crippen LogP contribution in [0.3, 0.4) is 0 Å². The zero-order chi connectivity index (χ0) is 13.5. The summed E-state index contributed by atoms with van der Waals surface area (Å²) in [4.78, 5) is 22.0. The summed E-state index contributed by atoms with van der Waals surface area (Å²) in [5.74, 6) is -0.531. The summed E-state index contributed by atoms with van der Waals surface area (Å²) in [6.45, 7) is 1.44. The molecular weight excluding hydrogens is 234 g/mol. The maximum atomic E-state index is 11.5. The Morgan fingerprint density at radius 3 is 2.44 bits per heavy atom. The van der Waals surface area contributed by atoms with E-state index in [4.69, 9.17) is 9.84 Å². The zero-order valence-electron chi connectivity index (χ0n) is 10.5. The summed E-state index contributed by atoms with van der Waals surface area (Å²) in [5.41, 5.74) is 1.01. The number of carbonyl (C=O) groups excluding carboxylic acids is 1. The number of aliphatic carboxylic acids is 1. The molecule has 0 unspecified atom stereocenters. The standard InChI is InChI=1S/C13H17NO4/c1-9(13(16)17)14-12(15)8-5-10-3-6-11(18-2)7-4-10/h3-4,6-7,9H,5,8H2,1-2H3,(H,14,15)(H,16,17)/t9-/m0/s1. The van der Waals surface area contributed by atoms with Crippen LogP contribution in [0.5, 0.6) is 5.75 Å². The van der Waals surface area contributed by atoms with Crippen LogP contribution in [0.2, 0.25) is 0 Å². The fourth-order valence-electron chi connectivity index (χ4n) is 1.43. The zero-order valence-corrected chi connectivity index (χ0v) is 10.5. The molecule has 1 amide bonds. The molecule has 1 aromatic rings. The molecule has 1 rings (SSSR count). The van der Waals surface area contributed by atoms with Gasteiger partial charge in [0.05, 0.1) is 7.11 Å². The van der Waals surface area contributed by atoms with Gasteiger partial charge in [-0.2, -0.15) is 0 Å². The molecule has 1 atom stereocenters. The lowest BCUT2D eigenvalue weighted by Crippen LogP contribution is -2.38. The first-order valence-corrected chi connectivity index (χ1v) is 5.68. The van der Waals surface area contributed by atoms with Crippen LogP contribution in [0, 0.1) is 0 Å². The Bertz CT molecular complexity index is 414. The van der Waals surface area contributed by atoms with Gasteiger partial charge in [0.2, 0.25) is 5.91 Å². The molecule has 0 spiro atoms. The first-order chi connectivity index (χ1) is 8.52. The molecule has 0 aliphatic carbocycles. The summed E-state index contributed by atoms with van der Waals surface area (Å²) >= 11 is 0. The minimum Gasteiger partial charge on any atom is -0.497 e. The molecule has 18 heavy (non-hydrogen) atoms. The van der Waals surface area contributed by atoms with E-state index >= 15 is 0 Å². The molecule has 2 N–H and O–H groups in total. The number of carbonyl (C=O) groups is 2. The smallest absolute Gasteiger partial charge is 0.325 e. The number of methoxy groups -OCH3 is 1. The van der Waals surface area contributed by atoms with Gasteiger partial charge < -0.3 is 15.2 Å². The second kappa shape index (κ2) is 6.64. The van der Waals surface area contributed by atoms with E-state index in [1.807, 2.05) is 24.3 Å². The second-order valence-corrected chi connectivity index (χ2v) is 3.98. The third kappa shape index (κ3) is 4.45. The maximum absolute atomic E-state index is 11.5. The molecule has 0 heterocycles. The highest BCUT2D eigenvalue weighted by molar-refractivity contribution is 5.83.